The first-order valence-electron chi connectivity index (χ1n) is 12.7. The SMILES string of the molecule is CC(C)CCC1CCCCC1OC(=O)CCC(=O)OC1CCCCC1CCC(C)C. The van der Waals surface area contributed by atoms with Gasteiger partial charge in [0.25, 0.3) is 0 Å². The first-order valence-corrected chi connectivity index (χ1v) is 12.7. The van der Waals surface area contributed by atoms with Gasteiger partial charge in [-0.15, -0.1) is 0 Å². The molecule has 0 spiro atoms. The number of ether oxygens (including phenoxy) is 2. The van der Waals surface area contributed by atoms with E-state index in [1.807, 2.05) is 0 Å². The molecule has 0 bridgehead atoms. The molecule has 4 nitrogen and oxygen atoms in total. The molecule has 4 heteroatoms. The Bertz CT molecular complexity index is 467. The second kappa shape index (κ2) is 13.4. The maximum atomic E-state index is 12.4. The van der Waals surface area contributed by atoms with Crippen LogP contribution >= 0.6 is 0 Å². The number of hydrogen-bond donors (Lipinski definition) is 0. The fourth-order valence-electron chi connectivity index (χ4n) is 5.07. The third-order valence-corrected chi connectivity index (χ3v) is 7.01. The predicted molar refractivity (Wildman–Crippen MR) is 121 cm³/mol. The highest BCUT2D eigenvalue weighted by Crippen LogP contribution is 2.33. The molecule has 30 heavy (non-hydrogen) atoms. The lowest BCUT2D eigenvalue weighted by Gasteiger charge is -2.32. The van der Waals surface area contributed by atoms with Crippen molar-refractivity contribution in [2.24, 2.45) is 23.7 Å². The highest BCUT2D eigenvalue weighted by atomic mass is 16.6. The van der Waals surface area contributed by atoms with Crippen LogP contribution in [0.1, 0.15) is 118 Å². The molecule has 2 fully saturated rings. The normalized spacial score (nSPS) is 27.3. The molecule has 2 aliphatic rings. The first-order chi connectivity index (χ1) is 14.3. The van der Waals surface area contributed by atoms with Gasteiger partial charge in [0.1, 0.15) is 12.2 Å². The van der Waals surface area contributed by atoms with Crippen molar-refractivity contribution in [2.75, 3.05) is 0 Å². The maximum absolute atomic E-state index is 12.4. The third-order valence-electron chi connectivity index (χ3n) is 7.01. The summed E-state index contributed by atoms with van der Waals surface area (Å²) in [6, 6.07) is 0. The van der Waals surface area contributed by atoms with Gasteiger partial charge in [-0.05, 0) is 75.0 Å². The van der Waals surface area contributed by atoms with Crippen molar-refractivity contribution in [2.45, 2.75) is 130 Å². The lowest BCUT2D eigenvalue weighted by Crippen LogP contribution is -2.32. The molecular formula is C26H46O4. The van der Waals surface area contributed by atoms with Gasteiger partial charge in [-0.1, -0.05) is 53.4 Å². The van der Waals surface area contributed by atoms with Crippen LogP contribution in [-0.4, -0.2) is 24.1 Å². The summed E-state index contributed by atoms with van der Waals surface area (Å²) in [4.78, 5) is 24.8. The lowest BCUT2D eigenvalue weighted by molar-refractivity contribution is -0.161. The average molecular weight is 423 g/mol. The highest BCUT2D eigenvalue weighted by Gasteiger charge is 2.30. The Morgan fingerprint density at radius 1 is 0.667 bits per heavy atom. The van der Waals surface area contributed by atoms with Gasteiger partial charge < -0.3 is 9.47 Å². The van der Waals surface area contributed by atoms with Crippen molar-refractivity contribution in [1.82, 2.24) is 0 Å². The van der Waals surface area contributed by atoms with E-state index in [4.69, 9.17) is 9.47 Å². The van der Waals surface area contributed by atoms with Gasteiger partial charge in [0.15, 0.2) is 0 Å². The minimum atomic E-state index is -0.228. The van der Waals surface area contributed by atoms with E-state index in [2.05, 4.69) is 27.7 Å². The largest absolute Gasteiger partial charge is 0.462 e. The van der Waals surface area contributed by atoms with E-state index in [0.29, 0.717) is 23.7 Å². The molecule has 0 aromatic carbocycles. The molecule has 2 aliphatic carbocycles. The zero-order chi connectivity index (χ0) is 21.9. The number of rotatable bonds is 11. The Morgan fingerprint density at radius 3 is 1.40 bits per heavy atom. The second-order valence-corrected chi connectivity index (χ2v) is 10.6. The second-order valence-electron chi connectivity index (χ2n) is 10.6. The topological polar surface area (TPSA) is 52.6 Å². The number of carbonyl (C=O) groups is 2. The van der Waals surface area contributed by atoms with E-state index >= 15 is 0 Å². The monoisotopic (exact) mass is 422 g/mol. The van der Waals surface area contributed by atoms with Crippen LogP contribution in [0, 0.1) is 23.7 Å². The highest BCUT2D eigenvalue weighted by molar-refractivity contribution is 5.77. The summed E-state index contributed by atoms with van der Waals surface area (Å²) in [6.07, 6.45) is 14.0. The molecule has 174 valence electrons. The summed E-state index contributed by atoms with van der Waals surface area (Å²) in [5.41, 5.74) is 0. The Labute approximate surface area is 184 Å². The summed E-state index contributed by atoms with van der Waals surface area (Å²) >= 11 is 0. The van der Waals surface area contributed by atoms with Gasteiger partial charge in [-0.3, -0.25) is 9.59 Å². The predicted octanol–water partition coefficient (Wildman–Crippen LogP) is 6.84. The van der Waals surface area contributed by atoms with Crippen LogP contribution in [0.4, 0.5) is 0 Å². The van der Waals surface area contributed by atoms with Gasteiger partial charge >= 0.3 is 11.9 Å². The average Bonchev–Trinajstić information content (AvgIpc) is 2.71. The smallest absolute Gasteiger partial charge is 0.306 e. The van der Waals surface area contributed by atoms with Crippen molar-refractivity contribution in [3.63, 3.8) is 0 Å². The van der Waals surface area contributed by atoms with Crippen LogP contribution in [-0.2, 0) is 19.1 Å². The van der Waals surface area contributed by atoms with Gasteiger partial charge in [-0.25, -0.2) is 0 Å². The summed E-state index contributed by atoms with van der Waals surface area (Å²) in [7, 11) is 0. The van der Waals surface area contributed by atoms with E-state index in [1.54, 1.807) is 0 Å². The molecule has 0 N–H and O–H groups in total. The van der Waals surface area contributed by atoms with E-state index in [9.17, 15) is 9.59 Å². The van der Waals surface area contributed by atoms with Crippen LogP contribution in [0.25, 0.3) is 0 Å². The fraction of sp³-hybridized carbons (Fsp3) is 0.923. The van der Waals surface area contributed by atoms with Gasteiger partial charge in [0, 0.05) is 0 Å². The van der Waals surface area contributed by atoms with Crippen LogP contribution < -0.4 is 0 Å². The van der Waals surface area contributed by atoms with Crippen LogP contribution in [0.15, 0.2) is 0 Å². The van der Waals surface area contributed by atoms with E-state index < -0.39 is 0 Å². The summed E-state index contributed by atoms with van der Waals surface area (Å²) < 4.78 is 11.6. The van der Waals surface area contributed by atoms with Crippen molar-refractivity contribution < 1.29 is 19.1 Å². The molecule has 0 heterocycles. The molecule has 0 aromatic heterocycles. The van der Waals surface area contributed by atoms with Gasteiger partial charge in [-0.2, -0.15) is 0 Å². The van der Waals surface area contributed by atoms with Crippen LogP contribution in [0.3, 0.4) is 0 Å². The van der Waals surface area contributed by atoms with Gasteiger partial charge in [0.2, 0.25) is 0 Å². The van der Waals surface area contributed by atoms with Crippen molar-refractivity contribution >= 4 is 11.9 Å². The molecule has 0 aliphatic heterocycles. The van der Waals surface area contributed by atoms with Crippen molar-refractivity contribution in [3.05, 3.63) is 0 Å². The molecule has 0 radical (unpaired) electrons. The zero-order valence-corrected chi connectivity index (χ0v) is 20.0. The molecule has 0 amide bonds. The Balaban J connectivity index is 1.72. The number of esters is 2. The zero-order valence-electron chi connectivity index (χ0n) is 20.0. The molecular weight excluding hydrogens is 376 g/mol. The molecule has 0 aromatic rings. The van der Waals surface area contributed by atoms with Gasteiger partial charge in [0.05, 0.1) is 12.8 Å². The molecule has 4 unspecified atom stereocenters. The fourth-order valence-corrected chi connectivity index (χ4v) is 5.07. The molecule has 2 saturated carbocycles. The van der Waals surface area contributed by atoms with E-state index in [1.165, 1.54) is 25.7 Å². The first kappa shape index (κ1) is 25.2. The minimum Gasteiger partial charge on any atom is -0.462 e. The van der Waals surface area contributed by atoms with Crippen molar-refractivity contribution in [1.29, 1.82) is 0 Å². The summed E-state index contributed by atoms with van der Waals surface area (Å²) in [6.45, 7) is 8.98. The lowest BCUT2D eigenvalue weighted by atomic mass is 9.82. The third kappa shape index (κ3) is 9.39. The van der Waals surface area contributed by atoms with Crippen LogP contribution in [0.5, 0.6) is 0 Å². The Kier molecular flexibility index (Phi) is 11.2. The molecule has 0 saturated heterocycles. The van der Waals surface area contributed by atoms with Crippen molar-refractivity contribution in [3.8, 4) is 0 Å². The Hall–Kier alpha value is -1.06. The van der Waals surface area contributed by atoms with E-state index in [0.717, 1.165) is 51.4 Å². The molecule has 4 atom stereocenters. The molecule has 2 rings (SSSR count). The van der Waals surface area contributed by atoms with Crippen LogP contribution in [0.2, 0.25) is 0 Å². The Morgan fingerprint density at radius 2 is 1.03 bits per heavy atom. The number of carbonyl (C=O) groups excluding carboxylic acids is 2. The summed E-state index contributed by atoms with van der Waals surface area (Å²) in [5, 5.41) is 0. The standard InChI is InChI=1S/C26H46O4/c1-19(2)13-15-21-9-5-7-11-23(21)29-25(27)17-18-26(28)30-24-12-8-6-10-22(24)16-14-20(3)4/h19-24H,5-18H2,1-4H3. The van der Waals surface area contributed by atoms with E-state index in [-0.39, 0.29) is 37.0 Å². The quantitative estimate of drug-likeness (QED) is 0.342. The maximum Gasteiger partial charge on any atom is 0.306 e. The minimum absolute atomic E-state index is 0.0415. The number of hydrogen-bond acceptors (Lipinski definition) is 4. The summed E-state index contributed by atoms with van der Waals surface area (Å²) in [5.74, 6) is 1.88.